The van der Waals surface area contributed by atoms with Crippen molar-refractivity contribution >= 4 is 5.97 Å². The molecule has 34 heavy (non-hydrogen) atoms. The van der Waals surface area contributed by atoms with E-state index in [9.17, 15) is 13.6 Å². The van der Waals surface area contributed by atoms with Crippen molar-refractivity contribution in [1.29, 1.82) is 0 Å². The quantitative estimate of drug-likeness (QED) is 0.538. The minimum absolute atomic E-state index is 0.136. The van der Waals surface area contributed by atoms with Gasteiger partial charge in [0.05, 0.1) is 23.4 Å². The van der Waals surface area contributed by atoms with Gasteiger partial charge < -0.3 is 9.47 Å². The van der Waals surface area contributed by atoms with Crippen LogP contribution in [-0.4, -0.2) is 47.8 Å². The monoisotopic (exact) mass is 472 g/mol. The SMILES string of the molecule is CCOC(=O)c1cc(-c2ccc(F)cc2F)c2c(n1)C(C)(C)N(CC1CCOC(C)(C)C1)CC2. The second-order valence-corrected chi connectivity index (χ2v) is 10.4. The second kappa shape index (κ2) is 9.34. The zero-order valence-corrected chi connectivity index (χ0v) is 20.7. The highest BCUT2D eigenvalue weighted by Gasteiger charge is 2.40. The molecule has 1 aromatic heterocycles. The Morgan fingerprint density at radius 1 is 1.21 bits per heavy atom. The van der Waals surface area contributed by atoms with E-state index in [2.05, 4.69) is 32.6 Å². The van der Waals surface area contributed by atoms with Crippen LogP contribution in [-0.2, 0) is 21.4 Å². The Labute approximate surface area is 200 Å². The molecule has 1 atom stereocenters. The lowest BCUT2D eigenvalue weighted by Crippen LogP contribution is -2.51. The van der Waals surface area contributed by atoms with E-state index in [0.29, 0.717) is 17.9 Å². The highest BCUT2D eigenvalue weighted by molar-refractivity contribution is 5.89. The van der Waals surface area contributed by atoms with Crippen molar-refractivity contribution in [3.05, 3.63) is 52.9 Å². The lowest BCUT2D eigenvalue weighted by molar-refractivity contribution is -0.0820. The van der Waals surface area contributed by atoms with Crippen LogP contribution in [0.25, 0.3) is 11.1 Å². The number of carbonyl (C=O) groups excluding carboxylic acids is 1. The lowest BCUT2D eigenvalue weighted by Gasteiger charge is -2.46. The summed E-state index contributed by atoms with van der Waals surface area (Å²) in [6, 6.07) is 5.13. The predicted octanol–water partition coefficient (Wildman–Crippen LogP) is 5.50. The van der Waals surface area contributed by atoms with Crippen LogP contribution in [0.4, 0.5) is 8.78 Å². The maximum absolute atomic E-state index is 14.8. The molecule has 0 saturated carbocycles. The molecule has 2 aliphatic rings. The van der Waals surface area contributed by atoms with Crippen LogP contribution in [0.2, 0.25) is 0 Å². The van der Waals surface area contributed by atoms with Crippen molar-refractivity contribution in [3.8, 4) is 11.1 Å². The normalized spacial score (nSPS) is 21.7. The molecule has 0 N–H and O–H groups in total. The molecule has 0 amide bonds. The lowest BCUT2D eigenvalue weighted by atomic mass is 9.81. The first-order valence-corrected chi connectivity index (χ1v) is 12.1. The van der Waals surface area contributed by atoms with Crippen molar-refractivity contribution in [3.63, 3.8) is 0 Å². The Kier molecular flexibility index (Phi) is 6.80. The van der Waals surface area contributed by atoms with Gasteiger partial charge in [0, 0.05) is 31.3 Å². The van der Waals surface area contributed by atoms with E-state index >= 15 is 0 Å². The van der Waals surface area contributed by atoms with E-state index in [1.54, 1.807) is 13.0 Å². The molecule has 1 aromatic carbocycles. The van der Waals surface area contributed by atoms with E-state index in [0.717, 1.165) is 49.9 Å². The number of benzene rings is 1. The van der Waals surface area contributed by atoms with Gasteiger partial charge in [-0.1, -0.05) is 0 Å². The molecule has 2 aliphatic heterocycles. The number of esters is 1. The van der Waals surface area contributed by atoms with E-state index < -0.39 is 23.1 Å². The number of pyridine rings is 1. The van der Waals surface area contributed by atoms with E-state index in [1.165, 1.54) is 12.1 Å². The Morgan fingerprint density at radius 3 is 2.65 bits per heavy atom. The number of halogens is 2. The molecule has 2 aromatic rings. The topological polar surface area (TPSA) is 51.7 Å². The van der Waals surface area contributed by atoms with Gasteiger partial charge in [-0.3, -0.25) is 4.90 Å². The maximum Gasteiger partial charge on any atom is 0.356 e. The average molecular weight is 473 g/mol. The van der Waals surface area contributed by atoms with Gasteiger partial charge in [0.2, 0.25) is 0 Å². The van der Waals surface area contributed by atoms with Crippen molar-refractivity contribution < 1.29 is 23.0 Å². The standard InChI is InChI=1S/C27H34F2N2O3/c1-6-33-25(32)23-14-21(19-8-7-18(28)13-22(19)29)20-9-11-31(27(4,5)24(20)30-23)16-17-10-12-34-26(2,3)15-17/h7-8,13-14,17H,6,9-12,15-16H2,1-5H3. The number of carbonyl (C=O) groups is 1. The summed E-state index contributed by atoms with van der Waals surface area (Å²) < 4.78 is 39.6. The number of ether oxygens (including phenoxy) is 2. The fraction of sp³-hybridized carbons (Fsp3) is 0.556. The van der Waals surface area contributed by atoms with Crippen LogP contribution in [0.1, 0.15) is 69.2 Å². The van der Waals surface area contributed by atoms with Gasteiger partial charge >= 0.3 is 5.97 Å². The summed E-state index contributed by atoms with van der Waals surface area (Å²) in [4.78, 5) is 19.8. The summed E-state index contributed by atoms with van der Waals surface area (Å²) in [5.41, 5.74) is 2.00. The minimum Gasteiger partial charge on any atom is -0.461 e. The van der Waals surface area contributed by atoms with Gasteiger partial charge in [0.1, 0.15) is 17.3 Å². The molecule has 0 spiro atoms. The first-order chi connectivity index (χ1) is 16.0. The van der Waals surface area contributed by atoms with E-state index in [-0.39, 0.29) is 23.5 Å². The largest absolute Gasteiger partial charge is 0.461 e. The number of rotatable bonds is 5. The van der Waals surface area contributed by atoms with Crippen LogP contribution < -0.4 is 0 Å². The molecule has 7 heteroatoms. The molecular weight excluding hydrogens is 438 g/mol. The number of aromatic nitrogens is 1. The van der Waals surface area contributed by atoms with Gasteiger partial charge in [-0.15, -0.1) is 0 Å². The summed E-state index contributed by atoms with van der Waals surface area (Å²) in [5, 5.41) is 0. The first kappa shape index (κ1) is 24.7. The highest BCUT2D eigenvalue weighted by atomic mass is 19.1. The van der Waals surface area contributed by atoms with Crippen molar-refractivity contribution in [2.45, 2.75) is 65.0 Å². The van der Waals surface area contributed by atoms with Gasteiger partial charge in [-0.2, -0.15) is 0 Å². The first-order valence-electron chi connectivity index (χ1n) is 12.1. The third-order valence-corrected chi connectivity index (χ3v) is 7.11. The zero-order chi connectivity index (χ0) is 24.7. The molecule has 5 nitrogen and oxygen atoms in total. The molecule has 1 saturated heterocycles. The van der Waals surface area contributed by atoms with Gasteiger partial charge in [0.25, 0.3) is 0 Å². The van der Waals surface area contributed by atoms with Gasteiger partial charge in [-0.05, 0) is 89.1 Å². The third-order valence-electron chi connectivity index (χ3n) is 7.11. The fourth-order valence-electron chi connectivity index (χ4n) is 5.41. The summed E-state index contributed by atoms with van der Waals surface area (Å²) >= 11 is 0. The van der Waals surface area contributed by atoms with Gasteiger partial charge in [0.15, 0.2) is 0 Å². The number of hydrogen-bond donors (Lipinski definition) is 0. The summed E-state index contributed by atoms with van der Waals surface area (Å²) in [7, 11) is 0. The van der Waals surface area contributed by atoms with Crippen LogP contribution in [0.5, 0.6) is 0 Å². The van der Waals surface area contributed by atoms with E-state index in [4.69, 9.17) is 14.5 Å². The Bertz CT molecular complexity index is 1080. The van der Waals surface area contributed by atoms with Gasteiger partial charge in [-0.25, -0.2) is 18.6 Å². The summed E-state index contributed by atoms with van der Waals surface area (Å²) in [6.07, 6.45) is 2.65. The zero-order valence-electron chi connectivity index (χ0n) is 20.7. The predicted molar refractivity (Wildman–Crippen MR) is 127 cm³/mol. The molecular formula is C27H34F2N2O3. The maximum atomic E-state index is 14.8. The summed E-state index contributed by atoms with van der Waals surface area (Å²) in [6.45, 7) is 12.8. The molecule has 1 unspecified atom stereocenters. The molecule has 1 fully saturated rings. The highest BCUT2D eigenvalue weighted by Crippen LogP contribution is 2.41. The Balaban J connectivity index is 1.76. The smallest absolute Gasteiger partial charge is 0.356 e. The average Bonchev–Trinajstić information content (AvgIpc) is 2.75. The number of fused-ring (bicyclic) bond motifs is 1. The number of nitrogens with zero attached hydrogens (tertiary/aromatic N) is 2. The minimum atomic E-state index is -0.659. The number of hydrogen-bond acceptors (Lipinski definition) is 5. The molecule has 0 radical (unpaired) electrons. The molecule has 184 valence electrons. The van der Waals surface area contributed by atoms with Crippen LogP contribution in [0.15, 0.2) is 24.3 Å². The van der Waals surface area contributed by atoms with Crippen molar-refractivity contribution in [1.82, 2.24) is 9.88 Å². The third kappa shape index (κ3) is 4.86. The van der Waals surface area contributed by atoms with Crippen molar-refractivity contribution in [2.75, 3.05) is 26.3 Å². The Hall–Kier alpha value is -2.38. The van der Waals surface area contributed by atoms with Crippen LogP contribution >= 0.6 is 0 Å². The molecule has 3 heterocycles. The van der Waals surface area contributed by atoms with E-state index in [1.807, 2.05) is 0 Å². The van der Waals surface area contributed by atoms with Crippen LogP contribution in [0, 0.1) is 17.6 Å². The van der Waals surface area contributed by atoms with Crippen molar-refractivity contribution in [2.24, 2.45) is 5.92 Å². The fourth-order valence-corrected chi connectivity index (χ4v) is 5.41. The Morgan fingerprint density at radius 2 is 1.97 bits per heavy atom. The summed E-state index contributed by atoms with van der Waals surface area (Å²) in [5.74, 6) is -1.35. The molecule has 4 rings (SSSR count). The second-order valence-electron chi connectivity index (χ2n) is 10.4. The molecule has 0 bridgehead atoms. The molecule has 0 aliphatic carbocycles. The van der Waals surface area contributed by atoms with Crippen LogP contribution in [0.3, 0.4) is 0 Å².